The molecule has 4 heteroatoms. The SMILES string of the molecule is NC(CO)C(O)c1cccc(O)c1. The summed E-state index contributed by atoms with van der Waals surface area (Å²) in [6.45, 7) is -0.295. The molecule has 0 aromatic heterocycles. The summed E-state index contributed by atoms with van der Waals surface area (Å²) in [5.74, 6) is 0.0710. The highest BCUT2D eigenvalue weighted by molar-refractivity contribution is 5.29. The van der Waals surface area contributed by atoms with Gasteiger partial charge in [-0.25, -0.2) is 0 Å². The molecule has 0 aliphatic rings. The van der Waals surface area contributed by atoms with Crippen LogP contribution in [-0.4, -0.2) is 28.0 Å². The Balaban J connectivity index is 2.82. The summed E-state index contributed by atoms with van der Waals surface area (Å²) in [4.78, 5) is 0. The number of hydrogen-bond acceptors (Lipinski definition) is 4. The molecule has 0 bridgehead atoms. The zero-order valence-electron chi connectivity index (χ0n) is 7.09. The molecule has 0 saturated carbocycles. The highest BCUT2D eigenvalue weighted by atomic mass is 16.3. The Labute approximate surface area is 76.2 Å². The average Bonchev–Trinajstić information content (AvgIpc) is 2.15. The molecule has 1 aromatic rings. The normalized spacial score (nSPS) is 15.3. The van der Waals surface area contributed by atoms with Crippen LogP contribution < -0.4 is 5.73 Å². The van der Waals surface area contributed by atoms with Crippen molar-refractivity contribution in [3.05, 3.63) is 29.8 Å². The molecule has 0 heterocycles. The quantitative estimate of drug-likeness (QED) is 0.520. The van der Waals surface area contributed by atoms with E-state index in [9.17, 15) is 5.11 Å². The molecule has 0 amide bonds. The van der Waals surface area contributed by atoms with Crippen molar-refractivity contribution in [3.63, 3.8) is 0 Å². The van der Waals surface area contributed by atoms with E-state index in [0.717, 1.165) is 0 Å². The van der Waals surface area contributed by atoms with Gasteiger partial charge in [-0.1, -0.05) is 12.1 Å². The fraction of sp³-hybridized carbons (Fsp3) is 0.333. The molecular weight excluding hydrogens is 170 g/mol. The van der Waals surface area contributed by atoms with Gasteiger partial charge >= 0.3 is 0 Å². The van der Waals surface area contributed by atoms with E-state index in [0.29, 0.717) is 5.56 Å². The van der Waals surface area contributed by atoms with Gasteiger partial charge in [0.05, 0.1) is 18.8 Å². The van der Waals surface area contributed by atoms with Crippen LogP contribution in [0.3, 0.4) is 0 Å². The Morgan fingerprint density at radius 3 is 2.62 bits per heavy atom. The number of rotatable bonds is 3. The molecule has 0 radical (unpaired) electrons. The van der Waals surface area contributed by atoms with Crippen LogP contribution in [0.4, 0.5) is 0 Å². The summed E-state index contributed by atoms with van der Waals surface area (Å²) in [5.41, 5.74) is 5.92. The zero-order chi connectivity index (χ0) is 9.84. The minimum Gasteiger partial charge on any atom is -0.508 e. The lowest BCUT2D eigenvalue weighted by molar-refractivity contribution is 0.109. The van der Waals surface area contributed by atoms with E-state index >= 15 is 0 Å². The van der Waals surface area contributed by atoms with Crippen LogP contribution in [0.25, 0.3) is 0 Å². The predicted octanol–water partition coefficient (Wildman–Crippen LogP) is -0.255. The molecule has 4 nitrogen and oxygen atoms in total. The summed E-state index contributed by atoms with van der Waals surface area (Å²) in [7, 11) is 0. The molecule has 0 fully saturated rings. The largest absolute Gasteiger partial charge is 0.508 e. The van der Waals surface area contributed by atoms with Crippen LogP contribution in [0.2, 0.25) is 0 Å². The topological polar surface area (TPSA) is 86.7 Å². The van der Waals surface area contributed by atoms with Crippen molar-refractivity contribution in [3.8, 4) is 5.75 Å². The van der Waals surface area contributed by atoms with Crippen LogP contribution >= 0.6 is 0 Å². The number of nitrogens with two attached hydrogens (primary N) is 1. The second-order valence-electron chi connectivity index (χ2n) is 2.89. The fourth-order valence-corrected chi connectivity index (χ4v) is 1.06. The van der Waals surface area contributed by atoms with Crippen molar-refractivity contribution in [1.29, 1.82) is 0 Å². The molecule has 2 unspecified atom stereocenters. The van der Waals surface area contributed by atoms with Gasteiger partial charge in [-0.2, -0.15) is 0 Å². The Bertz CT molecular complexity index is 277. The van der Waals surface area contributed by atoms with E-state index in [4.69, 9.17) is 15.9 Å². The summed E-state index contributed by atoms with van der Waals surface area (Å²) in [6, 6.07) is 5.44. The van der Waals surface area contributed by atoms with E-state index in [1.807, 2.05) is 0 Å². The Hall–Kier alpha value is -1.10. The van der Waals surface area contributed by atoms with Gasteiger partial charge in [0.25, 0.3) is 0 Å². The third-order valence-corrected chi connectivity index (χ3v) is 1.83. The standard InChI is InChI=1S/C9H13NO3/c10-8(5-11)9(13)6-2-1-3-7(12)4-6/h1-4,8-9,11-13H,5,10H2. The maximum atomic E-state index is 9.52. The van der Waals surface area contributed by atoms with E-state index < -0.39 is 12.1 Å². The number of phenolic OH excluding ortho intramolecular Hbond substituents is 1. The third kappa shape index (κ3) is 2.42. The first-order valence-corrected chi connectivity index (χ1v) is 3.98. The Kier molecular flexibility index (Phi) is 3.25. The zero-order valence-corrected chi connectivity index (χ0v) is 7.09. The summed E-state index contributed by atoms with van der Waals surface area (Å²) < 4.78 is 0. The van der Waals surface area contributed by atoms with E-state index in [2.05, 4.69) is 0 Å². The molecule has 1 aromatic carbocycles. The van der Waals surface area contributed by atoms with Crippen LogP contribution in [-0.2, 0) is 0 Å². The average molecular weight is 183 g/mol. The Morgan fingerprint density at radius 1 is 1.38 bits per heavy atom. The van der Waals surface area contributed by atoms with Gasteiger partial charge in [0, 0.05) is 0 Å². The van der Waals surface area contributed by atoms with E-state index in [-0.39, 0.29) is 12.4 Å². The lowest BCUT2D eigenvalue weighted by Crippen LogP contribution is -2.31. The van der Waals surface area contributed by atoms with Crippen LogP contribution in [0.15, 0.2) is 24.3 Å². The number of aliphatic hydroxyl groups is 2. The molecule has 13 heavy (non-hydrogen) atoms. The number of aliphatic hydroxyl groups excluding tert-OH is 2. The first kappa shape index (κ1) is 9.98. The summed E-state index contributed by atoms with van der Waals surface area (Å²) >= 11 is 0. The number of phenols is 1. The second-order valence-corrected chi connectivity index (χ2v) is 2.89. The highest BCUT2D eigenvalue weighted by Crippen LogP contribution is 2.19. The van der Waals surface area contributed by atoms with Crippen molar-refractivity contribution in [1.82, 2.24) is 0 Å². The third-order valence-electron chi connectivity index (χ3n) is 1.83. The number of hydrogen-bond donors (Lipinski definition) is 4. The maximum Gasteiger partial charge on any atom is 0.115 e. The Morgan fingerprint density at radius 2 is 2.08 bits per heavy atom. The van der Waals surface area contributed by atoms with Crippen LogP contribution in [0.5, 0.6) is 5.75 Å². The van der Waals surface area contributed by atoms with Crippen molar-refractivity contribution in [2.24, 2.45) is 5.73 Å². The van der Waals surface area contributed by atoms with Gasteiger partial charge in [-0.15, -0.1) is 0 Å². The predicted molar refractivity (Wildman–Crippen MR) is 48.1 cm³/mol. The lowest BCUT2D eigenvalue weighted by Gasteiger charge is -2.16. The maximum absolute atomic E-state index is 9.52. The molecule has 0 aliphatic heterocycles. The van der Waals surface area contributed by atoms with E-state index in [1.165, 1.54) is 12.1 Å². The highest BCUT2D eigenvalue weighted by Gasteiger charge is 2.15. The van der Waals surface area contributed by atoms with Crippen LogP contribution in [0.1, 0.15) is 11.7 Å². The van der Waals surface area contributed by atoms with Gasteiger partial charge < -0.3 is 21.1 Å². The first-order valence-electron chi connectivity index (χ1n) is 3.98. The second kappa shape index (κ2) is 4.23. The van der Waals surface area contributed by atoms with E-state index in [1.54, 1.807) is 12.1 Å². The number of benzene rings is 1. The first-order chi connectivity index (χ1) is 6.15. The molecule has 2 atom stereocenters. The van der Waals surface area contributed by atoms with Gasteiger partial charge in [0.15, 0.2) is 0 Å². The minimum atomic E-state index is -0.947. The lowest BCUT2D eigenvalue weighted by atomic mass is 10.0. The van der Waals surface area contributed by atoms with Gasteiger partial charge in [-0.3, -0.25) is 0 Å². The van der Waals surface area contributed by atoms with Crippen molar-refractivity contribution < 1.29 is 15.3 Å². The summed E-state index contributed by atoms with van der Waals surface area (Å²) in [6.07, 6.45) is -0.947. The van der Waals surface area contributed by atoms with Crippen molar-refractivity contribution in [2.45, 2.75) is 12.1 Å². The molecule has 0 aliphatic carbocycles. The molecule has 0 saturated heterocycles. The van der Waals surface area contributed by atoms with Gasteiger partial charge in [-0.05, 0) is 17.7 Å². The van der Waals surface area contributed by atoms with Gasteiger partial charge in [0.2, 0.25) is 0 Å². The monoisotopic (exact) mass is 183 g/mol. The molecular formula is C9H13NO3. The van der Waals surface area contributed by atoms with Crippen LogP contribution in [0, 0.1) is 0 Å². The minimum absolute atomic E-state index is 0.0710. The fourth-order valence-electron chi connectivity index (χ4n) is 1.06. The smallest absolute Gasteiger partial charge is 0.115 e. The molecule has 72 valence electrons. The molecule has 1 rings (SSSR count). The van der Waals surface area contributed by atoms with Gasteiger partial charge in [0.1, 0.15) is 5.75 Å². The van der Waals surface area contributed by atoms with Crippen molar-refractivity contribution >= 4 is 0 Å². The molecule has 0 spiro atoms. The summed E-state index contributed by atoms with van der Waals surface area (Å²) in [5, 5.41) is 27.3. The van der Waals surface area contributed by atoms with Crippen molar-refractivity contribution in [2.75, 3.05) is 6.61 Å². The number of aromatic hydroxyl groups is 1. The molecule has 5 N–H and O–H groups in total.